The Morgan fingerprint density at radius 2 is 2.33 bits per heavy atom. The average Bonchev–Trinajstić information content (AvgIpc) is 2.24. The van der Waals surface area contributed by atoms with Crippen molar-refractivity contribution in [1.82, 2.24) is 9.80 Å². The minimum absolute atomic E-state index is 0.237. The monoisotopic (exact) mass is 213 g/mol. The molecule has 0 radical (unpaired) electrons. The zero-order valence-corrected chi connectivity index (χ0v) is 9.91. The topological polar surface area (TPSA) is 49.6 Å². The van der Waals surface area contributed by atoms with Crippen LogP contribution in [0.1, 0.15) is 25.7 Å². The van der Waals surface area contributed by atoms with Crippen molar-refractivity contribution in [2.24, 2.45) is 5.73 Å². The molecule has 1 atom stereocenters. The fraction of sp³-hybridized carbons (Fsp3) is 0.909. The highest BCUT2D eigenvalue weighted by Crippen LogP contribution is 2.14. The molecule has 4 heteroatoms. The van der Waals surface area contributed by atoms with E-state index in [0.29, 0.717) is 19.0 Å². The Balaban J connectivity index is 2.37. The second kappa shape index (κ2) is 6.08. The first-order valence-corrected chi connectivity index (χ1v) is 5.79. The number of piperidine rings is 1. The number of hydrogen-bond donors (Lipinski definition) is 1. The van der Waals surface area contributed by atoms with Gasteiger partial charge in [-0.25, -0.2) is 0 Å². The summed E-state index contributed by atoms with van der Waals surface area (Å²) in [5.41, 5.74) is 5.40. The van der Waals surface area contributed by atoms with E-state index in [9.17, 15) is 4.79 Å². The van der Waals surface area contributed by atoms with Gasteiger partial charge >= 0.3 is 0 Å². The van der Waals surface area contributed by atoms with Gasteiger partial charge < -0.3 is 15.5 Å². The van der Waals surface area contributed by atoms with Gasteiger partial charge in [0.2, 0.25) is 5.91 Å². The zero-order chi connectivity index (χ0) is 11.3. The van der Waals surface area contributed by atoms with Crippen LogP contribution in [0.4, 0.5) is 0 Å². The second-order valence-electron chi connectivity index (χ2n) is 4.46. The third-order valence-electron chi connectivity index (χ3n) is 3.14. The fourth-order valence-corrected chi connectivity index (χ4v) is 2.09. The van der Waals surface area contributed by atoms with Crippen molar-refractivity contribution in [3.05, 3.63) is 0 Å². The lowest BCUT2D eigenvalue weighted by atomic mass is 10.0. The highest BCUT2D eigenvalue weighted by Gasteiger charge is 2.23. The van der Waals surface area contributed by atoms with E-state index < -0.39 is 0 Å². The van der Waals surface area contributed by atoms with Crippen LogP contribution in [-0.4, -0.2) is 55.5 Å². The Hall–Kier alpha value is -0.610. The Morgan fingerprint density at radius 1 is 1.60 bits per heavy atom. The molecular formula is C11H23N3O. The number of rotatable bonds is 4. The predicted octanol–water partition coefficient (Wildman–Crippen LogP) is 0.278. The summed E-state index contributed by atoms with van der Waals surface area (Å²) in [5.74, 6) is 0.237. The Labute approximate surface area is 92.4 Å². The van der Waals surface area contributed by atoms with E-state index in [2.05, 4.69) is 11.9 Å². The number of likely N-dealkylation sites (N-methyl/N-ethyl adjacent to an activating group) is 2. The van der Waals surface area contributed by atoms with Gasteiger partial charge in [-0.1, -0.05) is 0 Å². The molecule has 1 heterocycles. The smallest absolute Gasteiger partial charge is 0.222 e. The van der Waals surface area contributed by atoms with Crippen molar-refractivity contribution in [3.8, 4) is 0 Å². The molecule has 4 nitrogen and oxygen atoms in total. The van der Waals surface area contributed by atoms with Gasteiger partial charge in [-0.05, 0) is 39.4 Å². The molecular weight excluding hydrogens is 190 g/mol. The van der Waals surface area contributed by atoms with E-state index in [0.717, 1.165) is 25.9 Å². The Kier molecular flexibility index (Phi) is 5.05. The molecule has 1 saturated heterocycles. The average molecular weight is 213 g/mol. The molecule has 0 spiro atoms. The quantitative estimate of drug-likeness (QED) is 0.729. The number of likely N-dealkylation sites (tertiary alicyclic amines) is 1. The van der Waals surface area contributed by atoms with Crippen LogP contribution in [0.3, 0.4) is 0 Å². The van der Waals surface area contributed by atoms with Crippen LogP contribution in [0.25, 0.3) is 0 Å². The number of hydrogen-bond acceptors (Lipinski definition) is 3. The number of amides is 1. The Morgan fingerprint density at radius 3 is 2.93 bits per heavy atom. The molecule has 88 valence electrons. The summed E-state index contributed by atoms with van der Waals surface area (Å²) >= 11 is 0. The lowest BCUT2D eigenvalue weighted by Gasteiger charge is -2.35. The van der Waals surface area contributed by atoms with Crippen molar-refractivity contribution >= 4 is 5.91 Å². The first-order chi connectivity index (χ1) is 7.15. The van der Waals surface area contributed by atoms with Gasteiger partial charge in [0.1, 0.15) is 0 Å². The maximum atomic E-state index is 11.8. The van der Waals surface area contributed by atoms with Crippen molar-refractivity contribution in [1.29, 1.82) is 0 Å². The van der Waals surface area contributed by atoms with E-state index in [1.807, 2.05) is 11.9 Å². The summed E-state index contributed by atoms with van der Waals surface area (Å²) in [6, 6.07) is 0.397. The normalized spacial score (nSPS) is 22.7. The predicted molar refractivity (Wildman–Crippen MR) is 61.6 cm³/mol. The lowest BCUT2D eigenvalue weighted by Crippen LogP contribution is -2.47. The van der Waals surface area contributed by atoms with Gasteiger partial charge in [0.25, 0.3) is 0 Å². The molecule has 0 aromatic heterocycles. The van der Waals surface area contributed by atoms with Crippen molar-refractivity contribution in [2.75, 3.05) is 33.7 Å². The van der Waals surface area contributed by atoms with E-state index in [1.165, 1.54) is 6.42 Å². The van der Waals surface area contributed by atoms with Crippen molar-refractivity contribution in [3.63, 3.8) is 0 Å². The highest BCUT2D eigenvalue weighted by molar-refractivity contribution is 5.76. The lowest BCUT2D eigenvalue weighted by molar-refractivity contribution is -0.132. The zero-order valence-electron chi connectivity index (χ0n) is 9.91. The summed E-state index contributed by atoms with van der Waals surface area (Å²) in [7, 11) is 4.03. The van der Waals surface area contributed by atoms with Gasteiger partial charge in [0.15, 0.2) is 0 Å². The maximum Gasteiger partial charge on any atom is 0.222 e. The minimum atomic E-state index is 0.237. The van der Waals surface area contributed by atoms with Crippen LogP contribution in [-0.2, 0) is 4.79 Å². The van der Waals surface area contributed by atoms with Gasteiger partial charge in [-0.2, -0.15) is 0 Å². The first-order valence-electron chi connectivity index (χ1n) is 5.79. The summed E-state index contributed by atoms with van der Waals surface area (Å²) in [6.07, 6.45) is 3.71. The van der Waals surface area contributed by atoms with Crippen LogP contribution in [0.15, 0.2) is 0 Å². The molecule has 2 N–H and O–H groups in total. The van der Waals surface area contributed by atoms with E-state index >= 15 is 0 Å². The molecule has 0 bridgehead atoms. The third kappa shape index (κ3) is 3.80. The summed E-state index contributed by atoms with van der Waals surface area (Å²) in [4.78, 5) is 16.0. The van der Waals surface area contributed by atoms with Crippen LogP contribution < -0.4 is 5.73 Å². The van der Waals surface area contributed by atoms with Gasteiger partial charge in [-0.15, -0.1) is 0 Å². The number of nitrogens with two attached hydrogens (primary N) is 1. The second-order valence-corrected chi connectivity index (χ2v) is 4.46. The van der Waals surface area contributed by atoms with E-state index in [4.69, 9.17) is 5.73 Å². The van der Waals surface area contributed by atoms with E-state index in [1.54, 1.807) is 0 Å². The molecule has 15 heavy (non-hydrogen) atoms. The highest BCUT2D eigenvalue weighted by atomic mass is 16.2. The molecule has 0 aliphatic carbocycles. The third-order valence-corrected chi connectivity index (χ3v) is 3.14. The van der Waals surface area contributed by atoms with Gasteiger partial charge in [0.05, 0.1) is 0 Å². The minimum Gasteiger partial charge on any atom is -0.341 e. The molecule has 1 aliphatic heterocycles. The van der Waals surface area contributed by atoms with Gasteiger partial charge in [-0.3, -0.25) is 4.79 Å². The fourth-order valence-electron chi connectivity index (χ4n) is 2.09. The van der Waals surface area contributed by atoms with Crippen LogP contribution in [0, 0.1) is 0 Å². The standard InChI is InChI=1S/C11H23N3O/c1-13-8-4-5-10(9-13)14(2)11(15)6-3-7-12/h10H,3-9,12H2,1-2H3. The molecule has 1 aliphatic rings. The molecule has 1 amide bonds. The Bertz CT molecular complexity index is 208. The summed E-state index contributed by atoms with van der Waals surface area (Å²) in [5, 5.41) is 0. The summed E-state index contributed by atoms with van der Waals surface area (Å²) < 4.78 is 0. The number of carbonyl (C=O) groups is 1. The van der Waals surface area contributed by atoms with Crippen LogP contribution >= 0.6 is 0 Å². The maximum absolute atomic E-state index is 11.8. The molecule has 0 aromatic rings. The molecule has 1 fully saturated rings. The van der Waals surface area contributed by atoms with Crippen LogP contribution in [0.2, 0.25) is 0 Å². The largest absolute Gasteiger partial charge is 0.341 e. The number of nitrogens with zero attached hydrogens (tertiary/aromatic N) is 2. The SMILES string of the molecule is CN1CCCC(N(C)C(=O)CCCN)C1. The molecule has 1 unspecified atom stereocenters. The number of carbonyl (C=O) groups excluding carboxylic acids is 1. The van der Waals surface area contributed by atoms with Crippen LogP contribution in [0.5, 0.6) is 0 Å². The summed E-state index contributed by atoms with van der Waals surface area (Å²) in [6.45, 7) is 2.76. The molecule has 0 aromatic carbocycles. The molecule has 0 saturated carbocycles. The van der Waals surface area contributed by atoms with Gasteiger partial charge in [0, 0.05) is 26.1 Å². The van der Waals surface area contributed by atoms with Crippen molar-refractivity contribution in [2.45, 2.75) is 31.7 Å². The molecule has 1 rings (SSSR count). The van der Waals surface area contributed by atoms with E-state index in [-0.39, 0.29) is 5.91 Å². The van der Waals surface area contributed by atoms with Crippen molar-refractivity contribution < 1.29 is 4.79 Å². The first kappa shape index (κ1) is 12.5.